The largest absolute Gasteiger partial charge is 0.332 e. The van der Waals surface area contributed by atoms with Crippen LogP contribution in [-0.4, -0.2) is 37.5 Å². The predicted molar refractivity (Wildman–Crippen MR) is 101 cm³/mol. The second-order valence-corrected chi connectivity index (χ2v) is 7.93. The lowest BCUT2D eigenvalue weighted by Crippen LogP contribution is -2.45. The van der Waals surface area contributed by atoms with Gasteiger partial charge in [-0.2, -0.15) is 0 Å². The summed E-state index contributed by atoms with van der Waals surface area (Å²) in [4.78, 5) is 14.2. The van der Waals surface area contributed by atoms with Gasteiger partial charge in [-0.3, -0.25) is 4.79 Å². The van der Waals surface area contributed by atoms with Gasteiger partial charge >= 0.3 is 0 Å². The number of amides is 1. The number of halogens is 3. The highest BCUT2D eigenvalue weighted by molar-refractivity contribution is 6.27. The molecule has 0 saturated heterocycles. The molecule has 1 aliphatic carbocycles. The van der Waals surface area contributed by atoms with Gasteiger partial charge in [0.05, 0.1) is 6.04 Å². The van der Waals surface area contributed by atoms with Crippen molar-refractivity contribution in [3.05, 3.63) is 45.5 Å². The van der Waals surface area contributed by atoms with Crippen LogP contribution in [0.25, 0.3) is 0 Å². The molecule has 28 heavy (non-hydrogen) atoms. The first-order chi connectivity index (χ1) is 13.4. The van der Waals surface area contributed by atoms with Crippen molar-refractivity contribution in [3.63, 3.8) is 0 Å². The van der Waals surface area contributed by atoms with E-state index in [1.54, 1.807) is 4.90 Å². The van der Waals surface area contributed by atoms with E-state index in [-0.39, 0.29) is 29.9 Å². The molecule has 0 N–H and O–H groups in total. The number of nitrogens with zero attached hydrogens (tertiary/aromatic N) is 4. The van der Waals surface area contributed by atoms with Crippen molar-refractivity contribution in [2.45, 2.75) is 65.1 Å². The Bertz CT molecular complexity index is 943. The molecule has 2 aliphatic rings. The standard InChI is InChI=1S/C20H23ClF2N4O/c1-11-14-4-3-5-15(14)19(22)20(23)16(11)10-27(18(28)8-21)13-6-7-17-25-24-12(2)26(17)9-13/h13H,3-10H2,1-2H3. The van der Waals surface area contributed by atoms with Crippen molar-refractivity contribution in [1.29, 1.82) is 0 Å². The third kappa shape index (κ3) is 3.09. The number of hydrogen-bond acceptors (Lipinski definition) is 3. The van der Waals surface area contributed by atoms with Gasteiger partial charge in [0.2, 0.25) is 5.91 Å². The Morgan fingerprint density at radius 3 is 2.68 bits per heavy atom. The molecule has 1 amide bonds. The van der Waals surface area contributed by atoms with Gasteiger partial charge in [0.1, 0.15) is 17.5 Å². The summed E-state index contributed by atoms with van der Waals surface area (Å²) in [7, 11) is 0. The topological polar surface area (TPSA) is 51.0 Å². The highest BCUT2D eigenvalue weighted by Crippen LogP contribution is 2.34. The lowest BCUT2D eigenvalue weighted by Gasteiger charge is -2.35. The van der Waals surface area contributed by atoms with Crippen molar-refractivity contribution in [3.8, 4) is 0 Å². The molecule has 0 spiro atoms. The van der Waals surface area contributed by atoms with Gasteiger partial charge in [-0.25, -0.2) is 8.78 Å². The van der Waals surface area contributed by atoms with Gasteiger partial charge < -0.3 is 9.47 Å². The predicted octanol–water partition coefficient (Wildman–Crippen LogP) is 3.24. The molecule has 2 heterocycles. The summed E-state index contributed by atoms with van der Waals surface area (Å²) in [5, 5.41) is 8.25. The average molecular weight is 409 g/mol. The fourth-order valence-electron chi connectivity index (χ4n) is 4.57. The second-order valence-electron chi connectivity index (χ2n) is 7.66. The van der Waals surface area contributed by atoms with E-state index in [9.17, 15) is 13.6 Å². The monoisotopic (exact) mass is 408 g/mol. The van der Waals surface area contributed by atoms with E-state index >= 15 is 0 Å². The Kier molecular flexibility index (Phi) is 5.12. The fourth-order valence-corrected chi connectivity index (χ4v) is 4.72. The molecule has 8 heteroatoms. The Morgan fingerprint density at radius 2 is 1.93 bits per heavy atom. The van der Waals surface area contributed by atoms with Crippen LogP contribution in [0.3, 0.4) is 0 Å². The van der Waals surface area contributed by atoms with E-state index in [0.717, 1.165) is 35.6 Å². The maximum Gasteiger partial charge on any atom is 0.238 e. The zero-order valence-corrected chi connectivity index (χ0v) is 16.8. The SMILES string of the molecule is Cc1c(CN(C(=O)CCl)C2CCc3nnc(C)n3C2)c(F)c(F)c2c1CCC2. The molecule has 1 aliphatic heterocycles. The number of benzene rings is 1. The second kappa shape index (κ2) is 7.43. The summed E-state index contributed by atoms with van der Waals surface area (Å²) in [5.41, 5.74) is 2.42. The minimum absolute atomic E-state index is 0.0224. The number of aromatic nitrogens is 3. The van der Waals surface area contributed by atoms with Crippen LogP contribution in [0.5, 0.6) is 0 Å². The molecule has 1 aromatic carbocycles. The van der Waals surface area contributed by atoms with Gasteiger partial charge in [0.25, 0.3) is 0 Å². The van der Waals surface area contributed by atoms with Crippen LogP contribution in [0, 0.1) is 25.5 Å². The molecular weight excluding hydrogens is 386 g/mol. The van der Waals surface area contributed by atoms with E-state index in [4.69, 9.17) is 11.6 Å². The zero-order chi connectivity index (χ0) is 20.0. The Labute approximate surface area is 167 Å². The molecule has 1 atom stereocenters. The third-order valence-electron chi connectivity index (χ3n) is 6.16. The first kappa shape index (κ1) is 19.3. The lowest BCUT2D eigenvalue weighted by molar-refractivity contribution is -0.132. The Morgan fingerprint density at radius 1 is 1.18 bits per heavy atom. The zero-order valence-electron chi connectivity index (χ0n) is 16.1. The van der Waals surface area contributed by atoms with Gasteiger partial charge in [0.15, 0.2) is 11.6 Å². The molecule has 0 radical (unpaired) electrons. The smallest absolute Gasteiger partial charge is 0.238 e. The normalized spacial score (nSPS) is 18.1. The first-order valence-corrected chi connectivity index (χ1v) is 10.2. The van der Waals surface area contributed by atoms with E-state index in [1.165, 1.54) is 0 Å². The van der Waals surface area contributed by atoms with Crippen LogP contribution in [0.1, 0.15) is 46.7 Å². The molecule has 2 aromatic rings. The Hall–Kier alpha value is -2.02. The first-order valence-electron chi connectivity index (χ1n) is 9.64. The molecule has 1 aromatic heterocycles. The van der Waals surface area contributed by atoms with Crippen LogP contribution in [0.4, 0.5) is 8.78 Å². The molecule has 1 unspecified atom stereocenters. The number of rotatable bonds is 4. The van der Waals surface area contributed by atoms with Crippen LogP contribution in [-0.2, 0) is 37.1 Å². The number of hydrogen-bond donors (Lipinski definition) is 0. The number of alkyl halides is 1. The highest BCUT2D eigenvalue weighted by atomic mass is 35.5. The summed E-state index contributed by atoms with van der Waals surface area (Å²) >= 11 is 5.86. The van der Waals surface area contributed by atoms with E-state index < -0.39 is 11.6 Å². The van der Waals surface area contributed by atoms with Gasteiger partial charge in [-0.15, -0.1) is 21.8 Å². The van der Waals surface area contributed by atoms with E-state index in [0.29, 0.717) is 31.4 Å². The molecule has 5 nitrogen and oxygen atoms in total. The summed E-state index contributed by atoms with van der Waals surface area (Å²) in [6.45, 7) is 4.25. The van der Waals surface area contributed by atoms with Crippen LogP contribution in [0.15, 0.2) is 0 Å². The van der Waals surface area contributed by atoms with Gasteiger partial charge in [0, 0.05) is 25.1 Å². The lowest BCUT2D eigenvalue weighted by atomic mass is 9.96. The van der Waals surface area contributed by atoms with Crippen LogP contribution >= 0.6 is 11.6 Å². The average Bonchev–Trinajstić information content (AvgIpc) is 3.33. The number of carbonyl (C=O) groups excluding carboxylic acids is 1. The molecule has 4 rings (SSSR count). The van der Waals surface area contributed by atoms with Gasteiger partial charge in [-0.05, 0) is 56.2 Å². The van der Waals surface area contributed by atoms with Crippen molar-refractivity contribution < 1.29 is 13.6 Å². The minimum atomic E-state index is -0.831. The summed E-state index contributed by atoms with van der Waals surface area (Å²) < 4.78 is 31.5. The number of aryl methyl sites for hydroxylation is 2. The molecule has 0 saturated carbocycles. The van der Waals surface area contributed by atoms with E-state index in [1.807, 2.05) is 18.4 Å². The maximum absolute atomic E-state index is 14.9. The van der Waals surface area contributed by atoms with Gasteiger partial charge in [-0.1, -0.05) is 0 Å². The Balaban J connectivity index is 1.69. The van der Waals surface area contributed by atoms with Crippen molar-refractivity contribution >= 4 is 17.5 Å². The molecule has 0 fully saturated rings. The third-order valence-corrected chi connectivity index (χ3v) is 6.39. The number of fused-ring (bicyclic) bond motifs is 2. The highest BCUT2D eigenvalue weighted by Gasteiger charge is 2.32. The van der Waals surface area contributed by atoms with Crippen molar-refractivity contribution in [2.75, 3.05) is 5.88 Å². The van der Waals surface area contributed by atoms with Crippen LogP contribution < -0.4 is 0 Å². The fraction of sp³-hybridized carbons (Fsp3) is 0.550. The minimum Gasteiger partial charge on any atom is -0.332 e. The molecular formula is C20H23ClF2N4O. The molecule has 150 valence electrons. The van der Waals surface area contributed by atoms with Crippen LogP contribution in [0.2, 0.25) is 0 Å². The summed E-state index contributed by atoms with van der Waals surface area (Å²) in [6.07, 6.45) is 3.52. The van der Waals surface area contributed by atoms with Crippen molar-refractivity contribution in [1.82, 2.24) is 19.7 Å². The quantitative estimate of drug-likeness (QED) is 0.730. The maximum atomic E-state index is 14.9. The van der Waals surface area contributed by atoms with Crippen molar-refractivity contribution in [2.24, 2.45) is 0 Å². The molecule has 0 bridgehead atoms. The summed E-state index contributed by atoms with van der Waals surface area (Å²) in [6, 6.07) is -0.163. The van der Waals surface area contributed by atoms with E-state index in [2.05, 4.69) is 10.2 Å². The number of carbonyl (C=O) groups is 1. The summed E-state index contributed by atoms with van der Waals surface area (Å²) in [5.74, 6) is -0.393.